The summed E-state index contributed by atoms with van der Waals surface area (Å²) < 4.78 is 5.12. The van der Waals surface area contributed by atoms with Gasteiger partial charge in [0.05, 0.1) is 12.7 Å². The predicted octanol–water partition coefficient (Wildman–Crippen LogP) is 1.35. The minimum Gasteiger partial charge on any atom is -0.389 e. The highest BCUT2D eigenvalue weighted by molar-refractivity contribution is 5.00. The molecule has 0 aromatic carbocycles. The lowest BCUT2D eigenvalue weighted by molar-refractivity contribution is 0.168. The lowest BCUT2D eigenvalue weighted by atomic mass is 10.2. The van der Waals surface area contributed by atoms with Gasteiger partial charge in [-0.05, 0) is 26.3 Å². The fourth-order valence-electron chi connectivity index (χ4n) is 0.723. The maximum Gasteiger partial charge on any atom is 0.0696 e. The predicted molar refractivity (Wildman–Crippen MR) is 41.9 cm³/mol. The van der Waals surface area contributed by atoms with E-state index < -0.39 is 0 Å². The second-order valence-corrected chi connectivity index (χ2v) is 2.39. The Hall–Kier alpha value is -0.340. The Morgan fingerprint density at radius 2 is 2.30 bits per heavy atom. The second-order valence-electron chi connectivity index (χ2n) is 2.39. The molecule has 60 valence electrons. The first-order chi connectivity index (χ1) is 4.66. The Labute approximate surface area is 62.5 Å². The zero-order chi connectivity index (χ0) is 7.98. The van der Waals surface area contributed by atoms with E-state index in [0.29, 0.717) is 6.61 Å². The molecule has 0 spiro atoms. The number of aliphatic hydroxyl groups excluding tert-OH is 1. The molecular formula is C8H16O2. The molecule has 0 bridgehead atoms. The van der Waals surface area contributed by atoms with E-state index >= 15 is 0 Å². The third-order valence-electron chi connectivity index (χ3n) is 1.06. The summed E-state index contributed by atoms with van der Waals surface area (Å²) in [5, 5.41) is 8.89. The van der Waals surface area contributed by atoms with Crippen molar-refractivity contribution in [1.82, 2.24) is 0 Å². The van der Waals surface area contributed by atoms with Crippen molar-refractivity contribution in [3.8, 4) is 0 Å². The largest absolute Gasteiger partial charge is 0.389 e. The summed E-state index contributed by atoms with van der Waals surface area (Å²) in [7, 11) is 0. The fraction of sp³-hybridized carbons (Fsp3) is 0.750. The van der Waals surface area contributed by atoms with Crippen LogP contribution in [0.5, 0.6) is 0 Å². The first-order valence-electron chi connectivity index (χ1n) is 3.60. The molecule has 1 unspecified atom stereocenters. The van der Waals surface area contributed by atoms with E-state index in [0.717, 1.165) is 12.2 Å². The van der Waals surface area contributed by atoms with Gasteiger partial charge in [-0.25, -0.2) is 0 Å². The van der Waals surface area contributed by atoms with Gasteiger partial charge in [-0.1, -0.05) is 6.08 Å². The van der Waals surface area contributed by atoms with E-state index in [4.69, 9.17) is 9.84 Å². The van der Waals surface area contributed by atoms with Crippen molar-refractivity contribution < 1.29 is 9.84 Å². The van der Waals surface area contributed by atoms with Gasteiger partial charge in [0.15, 0.2) is 0 Å². The standard InChI is InChI=1S/C8H16O2/c1-4-10-6-7(2)5-8(3)9/h5,8-9H,4,6H2,1-3H3. The highest BCUT2D eigenvalue weighted by Crippen LogP contribution is 1.95. The number of hydrogen-bond acceptors (Lipinski definition) is 2. The zero-order valence-corrected chi connectivity index (χ0v) is 6.92. The molecule has 0 aliphatic rings. The summed E-state index contributed by atoms with van der Waals surface area (Å²) in [4.78, 5) is 0. The average Bonchev–Trinajstić information content (AvgIpc) is 1.82. The third kappa shape index (κ3) is 5.79. The lowest BCUT2D eigenvalue weighted by Gasteiger charge is -2.02. The van der Waals surface area contributed by atoms with E-state index in [-0.39, 0.29) is 6.10 Å². The number of ether oxygens (including phenoxy) is 1. The van der Waals surface area contributed by atoms with Crippen LogP contribution in [0.3, 0.4) is 0 Å². The molecule has 0 heterocycles. The summed E-state index contributed by atoms with van der Waals surface area (Å²) in [6, 6.07) is 0. The molecule has 2 nitrogen and oxygen atoms in total. The minimum atomic E-state index is -0.361. The Bertz CT molecular complexity index is 106. The molecule has 0 saturated carbocycles. The summed E-state index contributed by atoms with van der Waals surface area (Å²) in [5.41, 5.74) is 1.08. The molecule has 0 aromatic heterocycles. The number of rotatable bonds is 4. The fourth-order valence-corrected chi connectivity index (χ4v) is 0.723. The van der Waals surface area contributed by atoms with Crippen molar-refractivity contribution in [2.75, 3.05) is 13.2 Å². The van der Waals surface area contributed by atoms with Gasteiger partial charge in [-0.2, -0.15) is 0 Å². The smallest absolute Gasteiger partial charge is 0.0696 e. The maximum absolute atomic E-state index is 8.89. The molecule has 0 amide bonds. The summed E-state index contributed by atoms with van der Waals surface area (Å²) in [5.74, 6) is 0. The Balaban J connectivity index is 3.49. The molecule has 2 heteroatoms. The van der Waals surface area contributed by atoms with Crippen LogP contribution in [0.1, 0.15) is 20.8 Å². The average molecular weight is 144 g/mol. The van der Waals surface area contributed by atoms with Gasteiger partial charge in [0.25, 0.3) is 0 Å². The topological polar surface area (TPSA) is 29.5 Å². The normalized spacial score (nSPS) is 15.4. The van der Waals surface area contributed by atoms with Crippen molar-refractivity contribution in [2.24, 2.45) is 0 Å². The van der Waals surface area contributed by atoms with Crippen LogP contribution in [-0.4, -0.2) is 24.4 Å². The molecule has 0 aliphatic carbocycles. The molecule has 0 aliphatic heterocycles. The van der Waals surface area contributed by atoms with Crippen molar-refractivity contribution in [1.29, 1.82) is 0 Å². The molecule has 0 saturated heterocycles. The molecule has 0 aromatic rings. The van der Waals surface area contributed by atoms with Gasteiger partial charge in [0, 0.05) is 6.61 Å². The van der Waals surface area contributed by atoms with E-state index in [1.54, 1.807) is 13.0 Å². The monoisotopic (exact) mass is 144 g/mol. The van der Waals surface area contributed by atoms with Gasteiger partial charge in [0.1, 0.15) is 0 Å². The van der Waals surface area contributed by atoms with Crippen LogP contribution in [0.25, 0.3) is 0 Å². The highest BCUT2D eigenvalue weighted by atomic mass is 16.5. The maximum atomic E-state index is 8.89. The third-order valence-corrected chi connectivity index (χ3v) is 1.06. The quantitative estimate of drug-likeness (QED) is 0.603. The van der Waals surface area contributed by atoms with Crippen LogP contribution in [0, 0.1) is 0 Å². The van der Waals surface area contributed by atoms with Gasteiger partial charge in [0.2, 0.25) is 0 Å². The summed E-state index contributed by atoms with van der Waals surface area (Å²) in [6.45, 7) is 6.99. The van der Waals surface area contributed by atoms with E-state index in [9.17, 15) is 0 Å². The SMILES string of the molecule is CCOCC(C)=CC(C)O. The van der Waals surface area contributed by atoms with Gasteiger partial charge >= 0.3 is 0 Å². The van der Waals surface area contributed by atoms with Crippen molar-refractivity contribution >= 4 is 0 Å². The van der Waals surface area contributed by atoms with E-state index in [1.165, 1.54) is 0 Å². The minimum absolute atomic E-state index is 0.361. The molecule has 10 heavy (non-hydrogen) atoms. The molecular weight excluding hydrogens is 128 g/mol. The first kappa shape index (κ1) is 9.66. The van der Waals surface area contributed by atoms with Gasteiger partial charge < -0.3 is 9.84 Å². The summed E-state index contributed by atoms with van der Waals surface area (Å²) in [6.07, 6.45) is 1.43. The van der Waals surface area contributed by atoms with Crippen LogP contribution >= 0.6 is 0 Å². The first-order valence-corrected chi connectivity index (χ1v) is 3.60. The van der Waals surface area contributed by atoms with Crippen LogP contribution in [0.4, 0.5) is 0 Å². The van der Waals surface area contributed by atoms with Crippen LogP contribution in [0.2, 0.25) is 0 Å². The lowest BCUT2D eigenvalue weighted by Crippen LogP contribution is -2.00. The van der Waals surface area contributed by atoms with E-state index in [1.807, 2.05) is 13.8 Å². The van der Waals surface area contributed by atoms with Crippen molar-refractivity contribution in [2.45, 2.75) is 26.9 Å². The Morgan fingerprint density at radius 3 is 2.70 bits per heavy atom. The number of aliphatic hydroxyl groups is 1. The molecule has 1 N–H and O–H groups in total. The molecule has 0 fully saturated rings. The Morgan fingerprint density at radius 1 is 1.70 bits per heavy atom. The van der Waals surface area contributed by atoms with Crippen LogP contribution < -0.4 is 0 Å². The highest BCUT2D eigenvalue weighted by Gasteiger charge is 1.91. The summed E-state index contributed by atoms with van der Waals surface area (Å²) >= 11 is 0. The van der Waals surface area contributed by atoms with Gasteiger partial charge in [-0.3, -0.25) is 0 Å². The number of hydrogen-bond donors (Lipinski definition) is 1. The van der Waals surface area contributed by atoms with Gasteiger partial charge in [-0.15, -0.1) is 0 Å². The molecule has 0 radical (unpaired) electrons. The Kier molecular flexibility index (Phi) is 5.26. The van der Waals surface area contributed by atoms with Crippen molar-refractivity contribution in [3.63, 3.8) is 0 Å². The van der Waals surface area contributed by atoms with Crippen LogP contribution in [0.15, 0.2) is 11.6 Å². The second kappa shape index (κ2) is 5.45. The zero-order valence-electron chi connectivity index (χ0n) is 6.92. The molecule has 1 atom stereocenters. The van der Waals surface area contributed by atoms with Crippen molar-refractivity contribution in [3.05, 3.63) is 11.6 Å². The molecule has 0 rings (SSSR count). The van der Waals surface area contributed by atoms with E-state index in [2.05, 4.69) is 0 Å². The van der Waals surface area contributed by atoms with Crippen LogP contribution in [-0.2, 0) is 4.74 Å².